The molecular weight excluding hydrogens is 273 g/mol. The van der Waals surface area contributed by atoms with Gasteiger partial charge in [-0.25, -0.2) is 0 Å². The zero-order chi connectivity index (χ0) is 15.1. The molecule has 0 aromatic rings. The van der Waals surface area contributed by atoms with Gasteiger partial charge in [-0.15, -0.1) is 0 Å². The number of hydrogen-bond acceptors (Lipinski definition) is 4. The second kappa shape index (κ2) is 18.6. The van der Waals surface area contributed by atoms with Crippen molar-refractivity contribution in [2.75, 3.05) is 0 Å². The maximum atomic E-state index is 9.99. The summed E-state index contributed by atoms with van der Waals surface area (Å²) in [4.78, 5) is 29.6. The first-order valence-electron chi connectivity index (χ1n) is 6.50. The molecule has 0 amide bonds. The summed E-state index contributed by atoms with van der Waals surface area (Å²) in [5.74, 6) is -2.20. The van der Waals surface area contributed by atoms with Crippen molar-refractivity contribution in [3.05, 3.63) is 0 Å². The Morgan fingerprint density at radius 2 is 1.70 bits per heavy atom. The van der Waals surface area contributed by atoms with Gasteiger partial charge in [-0.1, -0.05) is 39.0 Å². The molecule has 0 bridgehead atoms. The Morgan fingerprint density at radius 1 is 1.15 bits per heavy atom. The quantitative estimate of drug-likeness (QED) is 0.263. The van der Waals surface area contributed by atoms with E-state index in [1.54, 1.807) is 0 Å². The SMILES string of the molecule is CCCCCCC[C-]=O.NC(CCC(=O)O)C(=O)O.[Na+]. The number of carbonyl (C=O) groups is 2. The van der Waals surface area contributed by atoms with Gasteiger partial charge >= 0.3 is 41.5 Å². The summed E-state index contributed by atoms with van der Waals surface area (Å²) in [5.41, 5.74) is 5.00. The molecule has 0 saturated heterocycles. The first kappa shape index (κ1) is 24.6. The molecular formula is C13H24NNaO5. The van der Waals surface area contributed by atoms with Crippen LogP contribution in [0.2, 0.25) is 0 Å². The molecule has 20 heavy (non-hydrogen) atoms. The maximum absolute atomic E-state index is 9.99. The minimum absolute atomic E-state index is 0. The standard InChI is InChI=1S/C8H15O.C5H9NO4.Na/c1-2-3-4-5-6-7-8-9;6-3(5(9)10)1-2-4(7)8;/h2-7H2,1H3;3H,1-2,6H2,(H,7,8)(H,9,10);/q-1;;+1. The summed E-state index contributed by atoms with van der Waals surface area (Å²) in [6.07, 6.45) is 8.38. The Balaban J connectivity index is -0.000000277. The summed E-state index contributed by atoms with van der Waals surface area (Å²) in [5, 5.41) is 16.3. The Kier molecular flexibility index (Phi) is 22.8. The van der Waals surface area contributed by atoms with Crippen LogP contribution < -0.4 is 35.3 Å². The van der Waals surface area contributed by atoms with E-state index in [-0.39, 0.29) is 42.4 Å². The van der Waals surface area contributed by atoms with Crippen LogP contribution in [0.25, 0.3) is 0 Å². The van der Waals surface area contributed by atoms with Gasteiger partial charge in [-0.2, -0.15) is 6.42 Å². The zero-order valence-electron chi connectivity index (χ0n) is 12.4. The second-order valence-electron chi connectivity index (χ2n) is 4.19. The number of aliphatic carboxylic acids is 2. The molecule has 0 spiro atoms. The van der Waals surface area contributed by atoms with Gasteiger partial charge in [0.2, 0.25) is 0 Å². The molecule has 7 heteroatoms. The van der Waals surface area contributed by atoms with E-state index in [2.05, 4.69) is 6.92 Å². The molecule has 4 N–H and O–H groups in total. The van der Waals surface area contributed by atoms with E-state index in [1.807, 2.05) is 6.29 Å². The molecule has 1 atom stereocenters. The van der Waals surface area contributed by atoms with Crippen LogP contribution in [-0.4, -0.2) is 34.5 Å². The smallest absolute Gasteiger partial charge is 0.542 e. The van der Waals surface area contributed by atoms with Gasteiger partial charge < -0.3 is 20.7 Å². The summed E-state index contributed by atoms with van der Waals surface area (Å²) in [6.45, 7) is 2.19. The van der Waals surface area contributed by atoms with Crippen LogP contribution in [0.15, 0.2) is 0 Å². The summed E-state index contributed by atoms with van der Waals surface area (Å²) in [7, 11) is 0. The van der Waals surface area contributed by atoms with E-state index in [1.165, 1.54) is 25.7 Å². The van der Waals surface area contributed by atoms with Crippen molar-refractivity contribution in [3.8, 4) is 0 Å². The average Bonchev–Trinajstić information content (AvgIpc) is 2.36. The fourth-order valence-electron chi connectivity index (χ4n) is 1.20. The Hall–Kier alpha value is -0.430. The molecule has 1 unspecified atom stereocenters. The van der Waals surface area contributed by atoms with Gasteiger partial charge in [0.25, 0.3) is 0 Å². The van der Waals surface area contributed by atoms with Crippen molar-refractivity contribution in [1.82, 2.24) is 0 Å². The first-order valence-corrected chi connectivity index (χ1v) is 6.50. The van der Waals surface area contributed by atoms with Crippen molar-refractivity contribution in [3.63, 3.8) is 0 Å². The molecule has 0 radical (unpaired) electrons. The summed E-state index contributed by atoms with van der Waals surface area (Å²) < 4.78 is 0. The van der Waals surface area contributed by atoms with Gasteiger partial charge in [0.1, 0.15) is 6.04 Å². The van der Waals surface area contributed by atoms with E-state index < -0.39 is 18.0 Å². The number of nitrogens with two attached hydrogens (primary N) is 1. The maximum Gasteiger partial charge on any atom is 1.00 e. The van der Waals surface area contributed by atoms with Gasteiger partial charge in [0.05, 0.1) is 0 Å². The Labute approximate surface area is 142 Å². The van der Waals surface area contributed by atoms with Crippen LogP contribution in [0.5, 0.6) is 0 Å². The Morgan fingerprint density at radius 3 is 2.10 bits per heavy atom. The van der Waals surface area contributed by atoms with Gasteiger partial charge in [0.15, 0.2) is 0 Å². The number of unbranched alkanes of at least 4 members (excludes halogenated alkanes) is 5. The third-order valence-electron chi connectivity index (χ3n) is 2.37. The Bertz CT molecular complexity index is 261. The minimum atomic E-state index is -1.17. The molecule has 0 saturated carbocycles. The van der Waals surface area contributed by atoms with Crippen molar-refractivity contribution in [2.24, 2.45) is 5.73 Å². The van der Waals surface area contributed by atoms with Crippen molar-refractivity contribution < 1.29 is 54.2 Å². The molecule has 0 heterocycles. The molecule has 0 aromatic carbocycles. The van der Waals surface area contributed by atoms with Crippen LogP contribution in [0, 0.1) is 0 Å². The fraction of sp³-hybridized carbons (Fsp3) is 0.769. The molecule has 112 valence electrons. The van der Waals surface area contributed by atoms with Crippen LogP contribution >= 0.6 is 0 Å². The summed E-state index contributed by atoms with van der Waals surface area (Å²) in [6, 6.07) is -1.06. The molecule has 0 rings (SSSR count). The monoisotopic (exact) mass is 297 g/mol. The van der Waals surface area contributed by atoms with Crippen molar-refractivity contribution in [1.29, 1.82) is 0 Å². The number of carboxylic acids is 2. The predicted octanol–water partition coefficient (Wildman–Crippen LogP) is -1.28. The van der Waals surface area contributed by atoms with E-state index in [0.717, 1.165) is 6.42 Å². The first-order chi connectivity index (χ1) is 8.95. The largest absolute Gasteiger partial charge is 1.00 e. The molecule has 0 aliphatic rings. The third kappa shape index (κ3) is 22.7. The predicted molar refractivity (Wildman–Crippen MR) is 71.6 cm³/mol. The average molecular weight is 297 g/mol. The summed E-state index contributed by atoms with van der Waals surface area (Å²) >= 11 is 0. The second-order valence-corrected chi connectivity index (χ2v) is 4.19. The van der Waals surface area contributed by atoms with E-state index in [0.29, 0.717) is 6.42 Å². The van der Waals surface area contributed by atoms with E-state index >= 15 is 0 Å². The van der Waals surface area contributed by atoms with Crippen LogP contribution in [0.4, 0.5) is 0 Å². The van der Waals surface area contributed by atoms with Gasteiger partial charge in [-0.05, 0) is 6.42 Å². The minimum Gasteiger partial charge on any atom is -0.542 e. The molecule has 0 fully saturated rings. The van der Waals surface area contributed by atoms with Crippen LogP contribution in [0.3, 0.4) is 0 Å². The molecule has 0 aliphatic heterocycles. The van der Waals surface area contributed by atoms with Crippen LogP contribution in [-0.2, 0) is 14.4 Å². The van der Waals surface area contributed by atoms with E-state index in [4.69, 9.17) is 15.9 Å². The molecule has 0 aliphatic carbocycles. The number of carboxylic acid groups (broad SMARTS) is 2. The molecule has 0 aromatic heterocycles. The topological polar surface area (TPSA) is 118 Å². The normalized spacial score (nSPS) is 10.5. The third-order valence-corrected chi connectivity index (χ3v) is 2.37. The number of hydrogen-bond donors (Lipinski definition) is 3. The fourth-order valence-corrected chi connectivity index (χ4v) is 1.20. The van der Waals surface area contributed by atoms with Crippen molar-refractivity contribution in [2.45, 2.75) is 64.3 Å². The zero-order valence-corrected chi connectivity index (χ0v) is 14.4. The molecule has 6 nitrogen and oxygen atoms in total. The number of rotatable bonds is 10. The van der Waals surface area contributed by atoms with Gasteiger partial charge in [-0.3, -0.25) is 15.9 Å². The van der Waals surface area contributed by atoms with E-state index in [9.17, 15) is 14.4 Å². The van der Waals surface area contributed by atoms with Crippen molar-refractivity contribution >= 4 is 18.2 Å². The number of carbonyl (C=O) groups excluding carboxylic acids is 1. The van der Waals surface area contributed by atoms with Crippen LogP contribution in [0.1, 0.15) is 58.3 Å². The van der Waals surface area contributed by atoms with Gasteiger partial charge in [0, 0.05) is 6.42 Å².